The third-order valence-electron chi connectivity index (χ3n) is 4.01. The summed E-state index contributed by atoms with van der Waals surface area (Å²) in [6.45, 7) is 0. The second kappa shape index (κ2) is 6.18. The van der Waals surface area contributed by atoms with Crippen LogP contribution < -0.4 is 5.32 Å². The van der Waals surface area contributed by atoms with Crippen molar-refractivity contribution in [1.29, 1.82) is 0 Å². The monoisotopic (exact) mass is 312 g/mol. The van der Waals surface area contributed by atoms with Crippen LogP contribution in [0.15, 0.2) is 48.5 Å². The first-order valence-corrected chi connectivity index (χ1v) is 7.33. The molecule has 0 spiro atoms. The van der Waals surface area contributed by atoms with Crippen LogP contribution in [0.2, 0.25) is 0 Å². The smallest absolute Gasteiger partial charge is 0.269 e. The minimum Gasteiger partial charge on any atom is -0.390 e. The quantitative estimate of drug-likeness (QED) is 0.666. The molecule has 0 bridgehead atoms. The first-order chi connectivity index (χ1) is 11.0. The van der Waals surface area contributed by atoms with Crippen LogP contribution in [0, 0.1) is 10.1 Å². The summed E-state index contributed by atoms with van der Waals surface area (Å²) in [5, 5.41) is 23.7. The summed E-state index contributed by atoms with van der Waals surface area (Å²) >= 11 is 0. The fourth-order valence-electron chi connectivity index (χ4n) is 2.94. The second-order valence-corrected chi connectivity index (χ2v) is 5.62. The van der Waals surface area contributed by atoms with E-state index in [1.807, 2.05) is 24.3 Å². The summed E-state index contributed by atoms with van der Waals surface area (Å²) in [4.78, 5) is 22.5. The number of carbonyl (C=O) groups is 1. The fourth-order valence-corrected chi connectivity index (χ4v) is 2.94. The van der Waals surface area contributed by atoms with Crippen LogP contribution in [0.25, 0.3) is 0 Å². The first-order valence-electron chi connectivity index (χ1n) is 7.33. The van der Waals surface area contributed by atoms with E-state index < -0.39 is 17.1 Å². The number of aliphatic hydroxyl groups excluding tert-OH is 1. The van der Waals surface area contributed by atoms with E-state index >= 15 is 0 Å². The van der Waals surface area contributed by atoms with Crippen LogP contribution in [0.4, 0.5) is 5.69 Å². The van der Waals surface area contributed by atoms with Crippen molar-refractivity contribution in [3.8, 4) is 0 Å². The normalized spacial score (nSPS) is 19.2. The van der Waals surface area contributed by atoms with Crippen molar-refractivity contribution in [3.63, 3.8) is 0 Å². The van der Waals surface area contributed by atoms with Gasteiger partial charge in [-0.1, -0.05) is 36.4 Å². The van der Waals surface area contributed by atoms with Gasteiger partial charge < -0.3 is 10.4 Å². The van der Waals surface area contributed by atoms with Crippen molar-refractivity contribution in [2.45, 2.75) is 25.0 Å². The van der Waals surface area contributed by atoms with Gasteiger partial charge in [-0.25, -0.2) is 0 Å². The number of amides is 1. The highest BCUT2D eigenvalue weighted by Gasteiger charge is 2.31. The standard InChI is InChI=1S/C17H16N2O4/c20-15-10-12-5-1-2-7-14(12)17(15)18-16(21)9-11-4-3-6-13(8-11)19(22)23/h1-8,15,17,20H,9-10H2,(H,18,21)/t15-,17+/m0/s1. The van der Waals surface area contributed by atoms with Crippen molar-refractivity contribution in [2.24, 2.45) is 0 Å². The number of rotatable bonds is 4. The van der Waals surface area contributed by atoms with E-state index in [4.69, 9.17) is 0 Å². The number of carbonyl (C=O) groups excluding carboxylic acids is 1. The molecule has 2 N–H and O–H groups in total. The van der Waals surface area contributed by atoms with Gasteiger partial charge in [0.1, 0.15) is 0 Å². The van der Waals surface area contributed by atoms with Crippen molar-refractivity contribution >= 4 is 11.6 Å². The van der Waals surface area contributed by atoms with Crippen LogP contribution in [0.5, 0.6) is 0 Å². The molecule has 23 heavy (non-hydrogen) atoms. The second-order valence-electron chi connectivity index (χ2n) is 5.62. The fraction of sp³-hybridized carbons (Fsp3) is 0.235. The number of fused-ring (bicyclic) bond motifs is 1. The van der Waals surface area contributed by atoms with Gasteiger partial charge in [-0.2, -0.15) is 0 Å². The average Bonchev–Trinajstić information content (AvgIpc) is 2.83. The molecule has 0 saturated heterocycles. The highest BCUT2D eigenvalue weighted by molar-refractivity contribution is 5.79. The zero-order valence-corrected chi connectivity index (χ0v) is 12.3. The molecule has 1 aliphatic rings. The van der Waals surface area contributed by atoms with Crippen LogP contribution in [0.1, 0.15) is 22.7 Å². The molecular weight excluding hydrogens is 296 g/mol. The third kappa shape index (κ3) is 3.22. The van der Waals surface area contributed by atoms with Gasteiger partial charge >= 0.3 is 0 Å². The predicted octanol–water partition coefficient (Wildman–Crippen LogP) is 1.91. The molecule has 1 amide bonds. The molecule has 2 aromatic rings. The summed E-state index contributed by atoms with van der Waals surface area (Å²) < 4.78 is 0. The Morgan fingerprint density at radius 1 is 1.26 bits per heavy atom. The molecule has 1 aliphatic carbocycles. The van der Waals surface area contributed by atoms with E-state index in [2.05, 4.69) is 5.32 Å². The van der Waals surface area contributed by atoms with E-state index in [1.165, 1.54) is 12.1 Å². The molecule has 0 unspecified atom stereocenters. The van der Waals surface area contributed by atoms with E-state index in [1.54, 1.807) is 12.1 Å². The Labute approximate surface area is 132 Å². The van der Waals surface area contributed by atoms with Crippen LogP contribution in [-0.2, 0) is 17.6 Å². The number of nitrogens with one attached hydrogen (secondary N) is 1. The SMILES string of the molecule is O=C(Cc1cccc([N+](=O)[O-])c1)N[C@@H]1c2ccccc2C[C@@H]1O. The molecule has 0 aliphatic heterocycles. The number of benzene rings is 2. The summed E-state index contributed by atoms with van der Waals surface area (Å²) in [7, 11) is 0. The van der Waals surface area contributed by atoms with Gasteiger partial charge in [-0.15, -0.1) is 0 Å². The Bertz CT molecular complexity index is 760. The lowest BCUT2D eigenvalue weighted by Crippen LogP contribution is -2.34. The average molecular weight is 312 g/mol. The van der Waals surface area contributed by atoms with E-state index in [-0.39, 0.29) is 18.0 Å². The number of nitrogens with zero attached hydrogens (tertiary/aromatic N) is 1. The molecule has 3 rings (SSSR count). The van der Waals surface area contributed by atoms with Crippen molar-refractivity contribution < 1.29 is 14.8 Å². The molecule has 6 heteroatoms. The minimum atomic E-state index is -0.651. The largest absolute Gasteiger partial charge is 0.390 e. The first kappa shape index (κ1) is 15.2. The summed E-state index contributed by atoms with van der Waals surface area (Å²) in [5.74, 6) is -0.272. The molecule has 0 saturated carbocycles. The number of hydrogen-bond acceptors (Lipinski definition) is 4. The molecule has 2 aromatic carbocycles. The Balaban J connectivity index is 1.71. The molecular formula is C17H16N2O4. The zero-order chi connectivity index (χ0) is 16.4. The number of nitro benzene ring substituents is 1. The highest BCUT2D eigenvalue weighted by atomic mass is 16.6. The van der Waals surface area contributed by atoms with Gasteiger partial charge in [0.2, 0.25) is 5.91 Å². The van der Waals surface area contributed by atoms with Crippen LogP contribution >= 0.6 is 0 Å². The molecule has 6 nitrogen and oxygen atoms in total. The third-order valence-corrected chi connectivity index (χ3v) is 4.01. The molecule has 118 valence electrons. The van der Waals surface area contributed by atoms with Gasteiger partial charge in [0.05, 0.1) is 23.5 Å². The maximum absolute atomic E-state index is 12.2. The number of aliphatic hydroxyl groups is 1. The van der Waals surface area contributed by atoms with Gasteiger partial charge in [-0.05, 0) is 16.7 Å². The predicted molar refractivity (Wildman–Crippen MR) is 83.8 cm³/mol. The Hall–Kier alpha value is -2.73. The molecule has 0 heterocycles. The zero-order valence-electron chi connectivity index (χ0n) is 12.3. The van der Waals surface area contributed by atoms with E-state index in [0.29, 0.717) is 12.0 Å². The van der Waals surface area contributed by atoms with Crippen LogP contribution in [0.3, 0.4) is 0 Å². The Morgan fingerprint density at radius 2 is 2.04 bits per heavy atom. The van der Waals surface area contributed by atoms with Crippen molar-refractivity contribution in [3.05, 3.63) is 75.3 Å². The van der Waals surface area contributed by atoms with Gasteiger partial charge in [0.15, 0.2) is 0 Å². The van der Waals surface area contributed by atoms with Crippen molar-refractivity contribution in [1.82, 2.24) is 5.32 Å². The topological polar surface area (TPSA) is 92.5 Å². The minimum absolute atomic E-state index is 0.0348. The van der Waals surface area contributed by atoms with E-state index in [9.17, 15) is 20.0 Å². The molecule has 0 aromatic heterocycles. The number of non-ortho nitro benzene ring substituents is 1. The Kier molecular flexibility index (Phi) is 4.08. The van der Waals surface area contributed by atoms with Gasteiger partial charge in [-0.3, -0.25) is 14.9 Å². The lowest BCUT2D eigenvalue weighted by Gasteiger charge is -2.18. The highest BCUT2D eigenvalue weighted by Crippen LogP contribution is 2.31. The van der Waals surface area contributed by atoms with Crippen LogP contribution in [-0.4, -0.2) is 22.0 Å². The molecule has 0 radical (unpaired) electrons. The summed E-state index contributed by atoms with van der Waals surface area (Å²) in [5.41, 5.74) is 2.48. The number of nitro groups is 1. The molecule has 2 atom stereocenters. The number of hydrogen-bond donors (Lipinski definition) is 2. The van der Waals surface area contributed by atoms with Gasteiger partial charge in [0, 0.05) is 18.6 Å². The molecule has 0 fully saturated rings. The lowest BCUT2D eigenvalue weighted by molar-refractivity contribution is -0.384. The lowest BCUT2D eigenvalue weighted by atomic mass is 10.1. The van der Waals surface area contributed by atoms with E-state index in [0.717, 1.165) is 11.1 Å². The maximum Gasteiger partial charge on any atom is 0.269 e. The van der Waals surface area contributed by atoms with Gasteiger partial charge in [0.25, 0.3) is 5.69 Å². The maximum atomic E-state index is 12.2. The summed E-state index contributed by atoms with van der Waals surface area (Å²) in [6, 6.07) is 13.2. The Morgan fingerprint density at radius 3 is 2.83 bits per heavy atom. The summed E-state index contributed by atoms with van der Waals surface area (Å²) in [6.07, 6.45) is -0.105. The van der Waals surface area contributed by atoms with Crippen molar-refractivity contribution in [2.75, 3.05) is 0 Å².